The van der Waals surface area contributed by atoms with Crippen molar-refractivity contribution < 1.29 is 4.79 Å². The summed E-state index contributed by atoms with van der Waals surface area (Å²) in [6.07, 6.45) is 8.11. The average molecular weight is 271 g/mol. The van der Waals surface area contributed by atoms with Crippen LogP contribution >= 0.6 is 0 Å². The molecule has 1 heterocycles. The van der Waals surface area contributed by atoms with Crippen LogP contribution in [0.3, 0.4) is 0 Å². The highest BCUT2D eigenvalue weighted by molar-refractivity contribution is 5.94. The number of aromatic nitrogens is 1. The maximum absolute atomic E-state index is 12.1. The molecule has 1 aliphatic rings. The van der Waals surface area contributed by atoms with E-state index in [4.69, 9.17) is 5.73 Å². The zero-order chi connectivity index (χ0) is 14.4. The number of nitrogens with one attached hydrogen (secondary N) is 1. The molecule has 0 aromatic carbocycles. The fraction of sp³-hybridized carbons (Fsp3) is 0.500. The van der Waals surface area contributed by atoms with E-state index in [0.717, 1.165) is 12.1 Å². The Morgan fingerprint density at radius 1 is 1.45 bits per heavy atom. The predicted octanol–water partition coefficient (Wildman–Crippen LogP) is 1.70. The van der Waals surface area contributed by atoms with E-state index in [1.807, 2.05) is 0 Å². The van der Waals surface area contributed by atoms with Crippen molar-refractivity contribution in [3.63, 3.8) is 0 Å². The largest absolute Gasteiger partial charge is 0.351 e. The molecule has 4 heteroatoms. The van der Waals surface area contributed by atoms with Gasteiger partial charge in [-0.3, -0.25) is 9.78 Å². The molecule has 20 heavy (non-hydrogen) atoms. The van der Waals surface area contributed by atoms with E-state index in [1.165, 1.54) is 25.7 Å². The molecular weight excluding hydrogens is 250 g/mol. The normalized spacial score (nSPS) is 16.3. The summed E-state index contributed by atoms with van der Waals surface area (Å²) >= 11 is 0. The lowest BCUT2D eigenvalue weighted by molar-refractivity contribution is 0.0934. The highest BCUT2D eigenvalue weighted by atomic mass is 16.1. The SMILES string of the molecule is CC1(CNC(=O)c2cncc(C#CCN)c2)CCCC1. The minimum Gasteiger partial charge on any atom is -0.351 e. The molecule has 0 radical (unpaired) electrons. The zero-order valence-corrected chi connectivity index (χ0v) is 11.9. The van der Waals surface area contributed by atoms with Crippen LogP contribution in [0, 0.1) is 17.3 Å². The first-order valence-electron chi connectivity index (χ1n) is 7.05. The summed E-state index contributed by atoms with van der Waals surface area (Å²) in [5.41, 5.74) is 6.85. The summed E-state index contributed by atoms with van der Waals surface area (Å²) in [5.74, 6) is 5.56. The maximum Gasteiger partial charge on any atom is 0.252 e. The van der Waals surface area contributed by atoms with Crippen LogP contribution in [-0.4, -0.2) is 24.0 Å². The van der Waals surface area contributed by atoms with E-state index in [-0.39, 0.29) is 11.3 Å². The summed E-state index contributed by atoms with van der Waals surface area (Å²) < 4.78 is 0. The van der Waals surface area contributed by atoms with Gasteiger partial charge in [-0.05, 0) is 24.3 Å². The first-order valence-corrected chi connectivity index (χ1v) is 7.05. The first kappa shape index (κ1) is 14.5. The average Bonchev–Trinajstić information content (AvgIpc) is 2.90. The Balaban J connectivity index is 1.98. The van der Waals surface area contributed by atoms with E-state index >= 15 is 0 Å². The topological polar surface area (TPSA) is 68.0 Å². The number of pyridine rings is 1. The van der Waals surface area contributed by atoms with Gasteiger partial charge >= 0.3 is 0 Å². The molecule has 1 amide bonds. The molecule has 0 atom stereocenters. The van der Waals surface area contributed by atoms with Crippen LogP contribution < -0.4 is 11.1 Å². The lowest BCUT2D eigenvalue weighted by atomic mass is 9.89. The van der Waals surface area contributed by atoms with E-state index in [9.17, 15) is 4.79 Å². The van der Waals surface area contributed by atoms with Crippen molar-refractivity contribution in [1.82, 2.24) is 10.3 Å². The number of nitrogens with two attached hydrogens (primary N) is 1. The Kier molecular flexibility index (Phi) is 4.75. The van der Waals surface area contributed by atoms with Crippen LogP contribution in [0.2, 0.25) is 0 Å². The number of nitrogens with zero attached hydrogens (tertiary/aromatic N) is 1. The Morgan fingerprint density at radius 3 is 2.90 bits per heavy atom. The van der Waals surface area contributed by atoms with Gasteiger partial charge in [0.15, 0.2) is 0 Å². The third-order valence-corrected chi connectivity index (χ3v) is 3.82. The lowest BCUT2D eigenvalue weighted by Crippen LogP contribution is -2.34. The van der Waals surface area contributed by atoms with Gasteiger partial charge in [0, 0.05) is 24.5 Å². The minimum atomic E-state index is -0.0815. The maximum atomic E-state index is 12.1. The van der Waals surface area contributed by atoms with Crippen LogP contribution in [0.5, 0.6) is 0 Å². The number of amides is 1. The molecule has 0 saturated heterocycles. The van der Waals surface area contributed by atoms with Crippen molar-refractivity contribution >= 4 is 5.91 Å². The molecule has 0 unspecified atom stereocenters. The second-order valence-electron chi connectivity index (χ2n) is 5.67. The smallest absolute Gasteiger partial charge is 0.252 e. The first-order chi connectivity index (χ1) is 9.63. The van der Waals surface area contributed by atoms with E-state index < -0.39 is 0 Å². The summed E-state index contributed by atoms with van der Waals surface area (Å²) in [6.45, 7) is 3.26. The Bertz CT molecular complexity index is 536. The van der Waals surface area contributed by atoms with Crippen LogP contribution in [-0.2, 0) is 0 Å². The van der Waals surface area contributed by atoms with Crippen molar-refractivity contribution in [1.29, 1.82) is 0 Å². The Hall–Kier alpha value is -1.86. The third kappa shape index (κ3) is 3.82. The van der Waals surface area contributed by atoms with Crippen molar-refractivity contribution in [2.45, 2.75) is 32.6 Å². The molecule has 1 aromatic heterocycles. The highest BCUT2D eigenvalue weighted by Gasteiger charge is 2.28. The standard InChI is InChI=1S/C16H21N3O/c1-16(6-2-3-7-16)12-19-15(20)14-9-13(5-4-8-17)10-18-11-14/h9-11H,2-3,6-8,12,17H2,1H3,(H,19,20). The monoisotopic (exact) mass is 271 g/mol. The molecule has 4 nitrogen and oxygen atoms in total. The number of carbonyl (C=O) groups excluding carboxylic acids is 1. The fourth-order valence-corrected chi connectivity index (χ4v) is 2.59. The number of rotatable bonds is 3. The summed E-state index contributed by atoms with van der Waals surface area (Å²) in [6, 6.07) is 1.75. The van der Waals surface area contributed by atoms with Crippen LogP contribution in [0.4, 0.5) is 0 Å². The molecule has 0 bridgehead atoms. The second kappa shape index (κ2) is 6.53. The lowest BCUT2D eigenvalue weighted by Gasteiger charge is -2.23. The van der Waals surface area contributed by atoms with E-state index in [1.54, 1.807) is 18.5 Å². The minimum absolute atomic E-state index is 0.0815. The van der Waals surface area contributed by atoms with Crippen LogP contribution in [0.25, 0.3) is 0 Å². The van der Waals surface area contributed by atoms with Gasteiger partial charge in [0.1, 0.15) is 0 Å². The highest BCUT2D eigenvalue weighted by Crippen LogP contribution is 2.36. The molecule has 3 N–H and O–H groups in total. The van der Waals surface area contributed by atoms with Gasteiger partial charge < -0.3 is 11.1 Å². The molecule has 1 saturated carbocycles. The second-order valence-corrected chi connectivity index (χ2v) is 5.67. The molecule has 0 spiro atoms. The molecule has 106 valence electrons. The van der Waals surface area contributed by atoms with Crippen molar-refractivity contribution in [2.75, 3.05) is 13.1 Å². The van der Waals surface area contributed by atoms with Gasteiger partial charge in [-0.2, -0.15) is 0 Å². The van der Waals surface area contributed by atoms with Gasteiger partial charge in [0.25, 0.3) is 5.91 Å². The molecule has 2 rings (SSSR count). The van der Waals surface area contributed by atoms with Crippen molar-refractivity contribution in [2.24, 2.45) is 11.1 Å². The summed E-state index contributed by atoms with van der Waals surface area (Å²) in [4.78, 5) is 16.2. The number of hydrogen-bond donors (Lipinski definition) is 2. The fourth-order valence-electron chi connectivity index (χ4n) is 2.59. The number of carbonyl (C=O) groups is 1. The van der Waals surface area contributed by atoms with Gasteiger partial charge in [-0.25, -0.2) is 0 Å². The molecular formula is C16H21N3O. The molecule has 1 aliphatic carbocycles. The summed E-state index contributed by atoms with van der Waals surface area (Å²) in [7, 11) is 0. The van der Waals surface area contributed by atoms with Gasteiger partial charge in [0.2, 0.25) is 0 Å². The molecule has 1 aromatic rings. The van der Waals surface area contributed by atoms with Crippen LogP contribution in [0.15, 0.2) is 18.5 Å². The van der Waals surface area contributed by atoms with Gasteiger partial charge in [-0.15, -0.1) is 0 Å². The summed E-state index contributed by atoms with van der Waals surface area (Å²) in [5, 5.41) is 3.01. The Labute approximate surface area is 120 Å². The van der Waals surface area contributed by atoms with Crippen molar-refractivity contribution in [3.8, 4) is 11.8 Å². The van der Waals surface area contributed by atoms with E-state index in [2.05, 4.69) is 29.1 Å². The van der Waals surface area contributed by atoms with E-state index in [0.29, 0.717) is 12.1 Å². The molecule has 1 fully saturated rings. The number of hydrogen-bond acceptors (Lipinski definition) is 3. The quantitative estimate of drug-likeness (QED) is 0.822. The van der Waals surface area contributed by atoms with Crippen molar-refractivity contribution in [3.05, 3.63) is 29.6 Å². The molecule has 0 aliphatic heterocycles. The predicted molar refractivity (Wildman–Crippen MR) is 79.1 cm³/mol. The van der Waals surface area contributed by atoms with Crippen LogP contribution in [0.1, 0.15) is 48.5 Å². The Morgan fingerprint density at radius 2 is 2.20 bits per heavy atom. The van der Waals surface area contributed by atoms with Gasteiger partial charge in [-0.1, -0.05) is 31.6 Å². The zero-order valence-electron chi connectivity index (χ0n) is 11.9. The van der Waals surface area contributed by atoms with Gasteiger partial charge in [0.05, 0.1) is 12.1 Å². The third-order valence-electron chi connectivity index (χ3n) is 3.82.